The number of aromatic nitrogens is 3. The van der Waals surface area contributed by atoms with Gasteiger partial charge in [0.15, 0.2) is 0 Å². The number of amides is 1. The number of ether oxygens (including phenoxy) is 1. The van der Waals surface area contributed by atoms with E-state index >= 15 is 0 Å². The summed E-state index contributed by atoms with van der Waals surface area (Å²) in [7, 11) is 3.40. The molecule has 0 spiro atoms. The van der Waals surface area contributed by atoms with Crippen LogP contribution in [0.3, 0.4) is 0 Å². The smallest absolute Gasteiger partial charge is 0.250 e. The second-order valence-corrected chi connectivity index (χ2v) is 6.26. The first-order valence-electron chi connectivity index (χ1n) is 8.11. The number of nitrogens with one attached hydrogen (secondary N) is 1. The first-order valence-corrected chi connectivity index (χ1v) is 8.11. The highest BCUT2D eigenvalue weighted by Crippen LogP contribution is 2.32. The van der Waals surface area contributed by atoms with Gasteiger partial charge in [0.25, 0.3) is 0 Å². The van der Waals surface area contributed by atoms with E-state index in [0.717, 1.165) is 44.7 Å². The van der Waals surface area contributed by atoms with Crippen molar-refractivity contribution in [3.8, 4) is 11.3 Å². The van der Waals surface area contributed by atoms with E-state index in [0.29, 0.717) is 0 Å². The molecule has 2 aromatic heterocycles. The molecule has 0 saturated carbocycles. The van der Waals surface area contributed by atoms with Crippen molar-refractivity contribution in [2.24, 2.45) is 7.05 Å². The number of carbonyl (C=O) groups excluding carboxylic acids is 1. The monoisotopic (exact) mass is 338 g/mol. The number of benzene rings is 1. The summed E-state index contributed by atoms with van der Waals surface area (Å²) in [6.07, 6.45) is 1.97. The minimum atomic E-state index is -0.181. The number of carbonyl (C=O) groups is 1. The number of nitrogens with zero attached hydrogens (tertiary/aromatic N) is 3. The summed E-state index contributed by atoms with van der Waals surface area (Å²) in [5, 5.41) is 8.26. The standard InChI is InChI=1S/C19H22N4O2/c1-11-6-7-15(20-17(24)10-25-5)18-12(2)8-16(21-19(11)18)14-9-23(4)22-13(14)3/h6-9H,10H2,1-5H3,(H,20,24). The van der Waals surface area contributed by atoms with Crippen molar-refractivity contribution in [3.05, 3.63) is 41.2 Å². The molecule has 6 heteroatoms. The Labute approximate surface area is 146 Å². The lowest BCUT2D eigenvalue weighted by Crippen LogP contribution is -2.17. The number of anilines is 1. The van der Waals surface area contributed by atoms with E-state index in [2.05, 4.69) is 10.4 Å². The molecule has 1 aromatic carbocycles. The Morgan fingerprint density at radius 3 is 2.64 bits per heavy atom. The Morgan fingerprint density at radius 2 is 2.00 bits per heavy atom. The Hall–Kier alpha value is -2.73. The van der Waals surface area contributed by atoms with Gasteiger partial charge in [-0.05, 0) is 44.0 Å². The summed E-state index contributed by atoms with van der Waals surface area (Å²) < 4.78 is 6.69. The van der Waals surface area contributed by atoms with Gasteiger partial charge in [0.1, 0.15) is 6.61 Å². The molecule has 0 aliphatic carbocycles. The molecule has 0 saturated heterocycles. The molecule has 6 nitrogen and oxygen atoms in total. The zero-order chi connectivity index (χ0) is 18.1. The fourth-order valence-electron chi connectivity index (χ4n) is 3.08. The molecule has 0 atom stereocenters. The van der Waals surface area contributed by atoms with Crippen LogP contribution >= 0.6 is 0 Å². The van der Waals surface area contributed by atoms with E-state index in [-0.39, 0.29) is 12.5 Å². The third-order valence-electron chi connectivity index (χ3n) is 4.20. The van der Waals surface area contributed by atoms with E-state index in [1.54, 1.807) is 4.68 Å². The maximum Gasteiger partial charge on any atom is 0.250 e. The predicted molar refractivity (Wildman–Crippen MR) is 98.7 cm³/mol. The molecule has 2 heterocycles. The van der Waals surface area contributed by atoms with Gasteiger partial charge in [-0.3, -0.25) is 9.48 Å². The lowest BCUT2D eigenvalue weighted by molar-refractivity contribution is -0.119. The van der Waals surface area contributed by atoms with Crippen molar-refractivity contribution in [2.75, 3.05) is 19.0 Å². The molecule has 130 valence electrons. The van der Waals surface area contributed by atoms with Crippen molar-refractivity contribution in [1.82, 2.24) is 14.8 Å². The number of rotatable bonds is 4. The minimum absolute atomic E-state index is 0.0226. The van der Waals surface area contributed by atoms with Crippen molar-refractivity contribution >= 4 is 22.5 Å². The molecule has 0 aliphatic rings. The summed E-state index contributed by atoms with van der Waals surface area (Å²) >= 11 is 0. The molecule has 25 heavy (non-hydrogen) atoms. The molecule has 3 aromatic rings. The zero-order valence-electron chi connectivity index (χ0n) is 15.2. The van der Waals surface area contributed by atoms with Gasteiger partial charge in [-0.2, -0.15) is 5.10 Å². The summed E-state index contributed by atoms with van der Waals surface area (Å²) in [6.45, 7) is 6.06. The lowest BCUT2D eigenvalue weighted by Gasteiger charge is -2.14. The average Bonchev–Trinajstić information content (AvgIpc) is 2.88. The highest BCUT2D eigenvalue weighted by Gasteiger charge is 2.15. The third kappa shape index (κ3) is 3.25. The van der Waals surface area contributed by atoms with Crippen LogP contribution in [0.25, 0.3) is 22.2 Å². The van der Waals surface area contributed by atoms with E-state index in [1.165, 1.54) is 7.11 Å². The Bertz CT molecular complexity index is 960. The normalized spacial score (nSPS) is 11.1. The second kappa shape index (κ2) is 6.64. The number of methoxy groups -OCH3 is 1. The molecular formula is C19H22N4O2. The van der Waals surface area contributed by atoms with Crippen LogP contribution in [0.15, 0.2) is 24.4 Å². The van der Waals surface area contributed by atoms with Crippen LogP contribution in [0.4, 0.5) is 5.69 Å². The summed E-state index contributed by atoms with van der Waals surface area (Å²) in [5.74, 6) is -0.181. The van der Waals surface area contributed by atoms with E-state index in [4.69, 9.17) is 9.72 Å². The van der Waals surface area contributed by atoms with Crippen LogP contribution in [0.5, 0.6) is 0 Å². The molecule has 1 N–H and O–H groups in total. The second-order valence-electron chi connectivity index (χ2n) is 6.26. The number of fused-ring (bicyclic) bond motifs is 1. The van der Waals surface area contributed by atoms with Crippen LogP contribution in [-0.2, 0) is 16.6 Å². The predicted octanol–water partition coefficient (Wildman–Crippen LogP) is 3.15. The molecule has 3 rings (SSSR count). The SMILES string of the molecule is COCC(=O)Nc1ccc(C)c2nc(-c3cn(C)nc3C)cc(C)c12. The molecule has 1 amide bonds. The Morgan fingerprint density at radius 1 is 1.24 bits per heavy atom. The van der Waals surface area contributed by atoms with E-state index in [1.807, 2.05) is 52.2 Å². The van der Waals surface area contributed by atoms with Crippen LogP contribution < -0.4 is 5.32 Å². The Balaban J connectivity index is 2.17. The quantitative estimate of drug-likeness (QED) is 0.793. The minimum Gasteiger partial charge on any atom is -0.375 e. The lowest BCUT2D eigenvalue weighted by atomic mass is 10.0. The average molecular weight is 338 g/mol. The van der Waals surface area contributed by atoms with Gasteiger partial charge in [0, 0.05) is 31.3 Å². The molecule has 0 bridgehead atoms. The highest BCUT2D eigenvalue weighted by atomic mass is 16.5. The van der Waals surface area contributed by atoms with Gasteiger partial charge in [-0.25, -0.2) is 4.98 Å². The van der Waals surface area contributed by atoms with Gasteiger partial charge in [0.2, 0.25) is 5.91 Å². The first-order chi connectivity index (χ1) is 11.9. The van der Waals surface area contributed by atoms with Gasteiger partial charge >= 0.3 is 0 Å². The van der Waals surface area contributed by atoms with E-state index in [9.17, 15) is 4.79 Å². The number of aryl methyl sites for hydroxylation is 4. The molecule has 0 unspecified atom stereocenters. The molecular weight excluding hydrogens is 316 g/mol. The highest BCUT2D eigenvalue weighted by molar-refractivity contribution is 6.04. The maximum absolute atomic E-state index is 11.9. The third-order valence-corrected chi connectivity index (χ3v) is 4.20. The van der Waals surface area contributed by atoms with Gasteiger partial charge in [-0.1, -0.05) is 6.07 Å². The van der Waals surface area contributed by atoms with E-state index < -0.39 is 0 Å². The van der Waals surface area contributed by atoms with Gasteiger partial charge < -0.3 is 10.1 Å². The summed E-state index contributed by atoms with van der Waals surface area (Å²) in [5.41, 5.74) is 6.59. The van der Waals surface area contributed by atoms with Crippen LogP contribution in [-0.4, -0.2) is 34.4 Å². The number of hydrogen-bond acceptors (Lipinski definition) is 4. The topological polar surface area (TPSA) is 69.0 Å². The van der Waals surface area contributed by atoms with Crippen LogP contribution in [0.1, 0.15) is 16.8 Å². The Kier molecular flexibility index (Phi) is 4.55. The van der Waals surface area contributed by atoms with Crippen molar-refractivity contribution in [1.29, 1.82) is 0 Å². The largest absolute Gasteiger partial charge is 0.375 e. The fourth-order valence-corrected chi connectivity index (χ4v) is 3.08. The molecule has 0 fully saturated rings. The fraction of sp³-hybridized carbons (Fsp3) is 0.316. The van der Waals surface area contributed by atoms with Gasteiger partial charge in [0.05, 0.1) is 22.6 Å². The number of pyridine rings is 1. The summed E-state index contributed by atoms with van der Waals surface area (Å²) in [6, 6.07) is 5.92. The first kappa shape index (κ1) is 17.1. The van der Waals surface area contributed by atoms with Crippen molar-refractivity contribution < 1.29 is 9.53 Å². The van der Waals surface area contributed by atoms with Crippen LogP contribution in [0, 0.1) is 20.8 Å². The summed E-state index contributed by atoms with van der Waals surface area (Å²) in [4.78, 5) is 16.8. The zero-order valence-corrected chi connectivity index (χ0v) is 15.2. The van der Waals surface area contributed by atoms with Crippen LogP contribution in [0.2, 0.25) is 0 Å². The maximum atomic E-state index is 11.9. The van der Waals surface area contributed by atoms with Crippen molar-refractivity contribution in [2.45, 2.75) is 20.8 Å². The molecule has 0 aliphatic heterocycles. The van der Waals surface area contributed by atoms with Crippen molar-refractivity contribution in [3.63, 3.8) is 0 Å². The van der Waals surface area contributed by atoms with Gasteiger partial charge in [-0.15, -0.1) is 0 Å². The number of hydrogen-bond donors (Lipinski definition) is 1. The molecule has 0 radical (unpaired) electrons.